The highest BCUT2D eigenvalue weighted by Crippen LogP contribution is 2.23. The summed E-state index contributed by atoms with van der Waals surface area (Å²) in [7, 11) is 1.37. The molecule has 0 radical (unpaired) electrons. The fraction of sp³-hybridized carbons (Fsp3) is 0.167. The van der Waals surface area contributed by atoms with Crippen LogP contribution in [0.5, 0.6) is 5.75 Å². The predicted octanol–water partition coefficient (Wildman–Crippen LogP) is 1.04. The SMILES string of the molecule is COc1cc(-c2nc(CN)cc(=O)[nH]2)ccc1F. The first-order valence-corrected chi connectivity index (χ1v) is 5.28. The van der Waals surface area contributed by atoms with E-state index in [9.17, 15) is 9.18 Å². The molecule has 1 heterocycles. The molecule has 18 heavy (non-hydrogen) atoms. The van der Waals surface area contributed by atoms with Gasteiger partial charge in [-0.3, -0.25) is 4.79 Å². The summed E-state index contributed by atoms with van der Waals surface area (Å²) in [6, 6.07) is 5.55. The van der Waals surface area contributed by atoms with Gasteiger partial charge in [-0.25, -0.2) is 9.37 Å². The Bertz CT molecular complexity index is 625. The number of aromatic nitrogens is 2. The molecule has 0 spiro atoms. The number of ether oxygens (including phenoxy) is 1. The van der Waals surface area contributed by atoms with Gasteiger partial charge in [0.05, 0.1) is 12.8 Å². The summed E-state index contributed by atoms with van der Waals surface area (Å²) in [5.74, 6) is -0.0480. The molecule has 3 N–H and O–H groups in total. The van der Waals surface area contributed by atoms with Crippen molar-refractivity contribution >= 4 is 0 Å². The van der Waals surface area contributed by atoms with Crippen molar-refractivity contribution in [1.29, 1.82) is 0 Å². The van der Waals surface area contributed by atoms with Gasteiger partial charge in [0.15, 0.2) is 11.6 Å². The van der Waals surface area contributed by atoms with Gasteiger partial charge in [0.2, 0.25) is 0 Å². The molecule has 0 atom stereocenters. The van der Waals surface area contributed by atoms with Crippen LogP contribution in [0.25, 0.3) is 11.4 Å². The van der Waals surface area contributed by atoms with Crippen LogP contribution in [0.1, 0.15) is 5.69 Å². The van der Waals surface area contributed by atoms with Crippen LogP contribution in [-0.4, -0.2) is 17.1 Å². The fourth-order valence-electron chi connectivity index (χ4n) is 1.56. The van der Waals surface area contributed by atoms with Crippen molar-refractivity contribution < 1.29 is 9.13 Å². The van der Waals surface area contributed by atoms with Gasteiger partial charge < -0.3 is 15.5 Å². The summed E-state index contributed by atoms with van der Waals surface area (Å²) in [6.07, 6.45) is 0. The lowest BCUT2D eigenvalue weighted by molar-refractivity contribution is 0.386. The highest BCUT2D eigenvalue weighted by atomic mass is 19.1. The summed E-state index contributed by atoms with van der Waals surface area (Å²) in [5.41, 5.74) is 6.17. The van der Waals surface area contributed by atoms with Gasteiger partial charge >= 0.3 is 0 Å². The van der Waals surface area contributed by atoms with Gasteiger partial charge in [0, 0.05) is 18.2 Å². The molecule has 0 fully saturated rings. The second-order valence-electron chi connectivity index (χ2n) is 3.64. The van der Waals surface area contributed by atoms with Crippen LogP contribution in [0.15, 0.2) is 29.1 Å². The van der Waals surface area contributed by atoms with Crippen LogP contribution < -0.4 is 16.0 Å². The van der Waals surface area contributed by atoms with Crippen molar-refractivity contribution in [2.45, 2.75) is 6.54 Å². The maximum atomic E-state index is 13.3. The maximum Gasteiger partial charge on any atom is 0.251 e. The summed E-state index contributed by atoms with van der Waals surface area (Å²) in [6.45, 7) is 0.162. The van der Waals surface area contributed by atoms with E-state index in [1.807, 2.05) is 0 Å². The number of hydrogen-bond acceptors (Lipinski definition) is 4. The smallest absolute Gasteiger partial charge is 0.251 e. The lowest BCUT2D eigenvalue weighted by Crippen LogP contribution is -2.12. The Morgan fingerprint density at radius 1 is 1.44 bits per heavy atom. The fourth-order valence-corrected chi connectivity index (χ4v) is 1.56. The van der Waals surface area contributed by atoms with E-state index in [1.54, 1.807) is 0 Å². The summed E-state index contributed by atoms with van der Waals surface area (Å²) < 4.78 is 18.1. The van der Waals surface area contributed by atoms with Gasteiger partial charge in [-0.15, -0.1) is 0 Å². The van der Waals surface area contributed by atoms with Crippen LogP contribution in [0, 0.1) is 5.82 Å². The lowest BCUT2D eigenvalue weighted by Gasteiger charge is -2.06. The molecule has 94 valence electrons. The third kappa shape index (κ3) is 2.38. The molecule has 2 aromatic rings. The van der Waals surface area contributed by atoms with Crippen molar-refractivity contribution in [2.75, 3.05) is 7.11 Å². The average molecular weight is 249 g/mol. The quantitative estimate of drug-likeness (QED) is 0.851. The number of halogens is 1. The number of aromatic amines is 1. The van der Waals surface area contributed by atoms with E-state index in [1.165, 1.54) is 31.4 Å². The Balaban J connectivity index is 2.54. The summed E-state index contributed by atoms with van der Waals surface area (Å²) >= 11 is 0. The van der Waals surface area contributed by atoms with E-state index in [2.05, 4.69) is 9.97 Å². The molecule has 1 aromatic heterocycles. The molecular weight excluding hydrogens is 237 g/mol. The van der Waals surface area contributed by atoms with Crippen LogP contribution in [-0.2, 0) is 6.54 Å². The van der Waals surface area contributed by atoms with Gasteiger partial charge in [-0.2, -0.15) is 0 Å². The molecule has 2 rings (SSSR count). The summed E-state index contributed by atoms with van der Waals surface area (Å²) in [4.78, 5) is 18.1. The number of benzene rings is 1. The Hall–Kier alpha value is -2.21. The second-order valence-corrected chi connectivity index (χ2v) is 3.64. The normalized spacial score (nSPS) is 10.4. The molecule has 0 aliphatic heterocycles. The van der Waals surface area contributed by atoms with Crippen LogP contribution in [0.4, 0.5) is 4.39 Å². The van der Waals surface area contributed by atoms with Crippen molar-refractivity contribution in [3.05, 3.63) is 46.1 Å². The average Bonchev–Trinajstić information content (AvgIpc) is 2.38. The molecule has 5 nitrogen and oxygen atoms in total. The van der Waals surface area contributed by atoms with E-state index < -0.39 is 5.82 Å². The molecular formula is C12H12FN3O2. The van der Waals surface area contributed by atoms with Gasteiger partial charge in [-0.05, 0) is 18.2 Å². The van der Waals surface area contributed by atoms with E-state index in [0.717, 1.165) is 0 Å². The Morgan fingerprint density at radius 2 is 2.22 bits per heavy atom. The Labute approximate surface area is 102 Å². The van der Waals surface area contributed by atoms with E-state index in [4.69, 9.17) is 10.5 Å². The molecule has 1 aromatic carbocycles. The van der Waals surface area contributed by atoms with E-state index in [0.29, 0.717) is 17.1 Å². The first-order chi connectivity index (χ1) is 8.63. The second kappa shape index (κ2) is 4.97. The molecule has 0 aliphatic rings. The Morgan fingerprint density at radius 3 is 2.89 bits per heavy atom. The zero-order valence-electron chi connectivity index (χ0n) is 9.74. The predicted molar refractivity (Wildman–Crippen MR) is 64.7 cm³/mol. The monoisotopic (exact) mass is 249 g/mol. The topological polar surface area (TPSA) is 81.0 Å². The third-order valence-corrected chi connectivity index (χ3v) is 2.43. The first-order valence-electron chi connectivity index (χ1n) is 5.28. The van der Waals surface area contributed by atoms with Gasteiger partial charge in [0.1, 0.15) is 5.82 Å². The Kier molecular flexibility index (Phi) is 3.38. The van der Waals surface area contributed by atoms with Crippen molar-refractivity contribution in [3.8, 4) is 17.1 Å². The number of methoxy groups -OCH3 is 1. The van der Waals surface area contributed by atoms with E-state index >= 15 is 0 Å². The minimum absolute atomic E-state index is 0.0910. The first kappa shape index (κ1) is 12.3. The van der Waals surface area contributed by atoms with Crippen LogP contribution >= 0.6 is 0 Å². The third-order valence-electron chi connectivity index (χ3n) is 2.43. The number of H-pyrrole nitrogens is 1. The minimum atomic E-state index is -0.474. The van der Waals surface area contributed by atoms with Crippen molar-refractivity contribution in [3.63, 3.8) is 0 Å². The van der Waals surface area contributed by atoms with Crippen molar-refractivity contribution in [2.24, 2.45) is 5.73 Å². The molecule has 0 unspecified atom stereocenters. The standard InChI is InChI=1S/C12H12FN3O2/c1-18-10-4-7(2-3-9(10)13)12-15-8(6-14)5-11(17)16-12/h2-5H,6,14H2,1H3,(H,15,16,17). The van der Waals surface area contributed by atoms with Gasteiger partial charge in [-0.1, -0.05) is 0 Å². The largest absolute Gasteiger partial charge is 0.494 e. The number of rotatable bonds is 3. The number of nitrogens with one attached hydrogen (secondary N) is 1. The number of nitrogens with two attached hydrogens (primary N) is 1. The lowest BCUT2D eigenvalue weighted by atomic mass is 10.2. The molecule has 0 aliphatic carbocycles. The molecule has 6 heteroatoms. The molecule has 0 saturated carbocycles. The van der Waals surface area contributed by atoms with Crippen LogP contribution in [0.3, 0.4) is 0 Å². The number of hydrogen-bond donors (Lipinski definition) is 2. The highest BCUT2D eigenvalue weighted by molar-refractivity contribution is 5.57. The van der Waals surface area contributed by atoms with E-state index in [-0.39, 0.29) is 17.9 Å². The summed E-state index contributed by atoms with van der Waals surface area (Å²) in [5, 5.41) is 0. The minimum Gasteiger partial charge on any atom is -0.494 e. The van der Waals surface area contributed by atoms with Crippen LogP contribution in [0.2, 0.25) is 0 Å². The highest BCUT2D eigenvalue weighted by Gasteiger charge is 2.08. The van der Waals surface area contributed by atoms with Crippen molar-refractivity contribution in [1.82, 2.24) is 9.97 Å². The zero-order valence-corrected chi connectivity index (χ0v) is 9.74. The molecule has 0 bridgehead atoms. The number of nitrogens with zero attached hydrogens (tertiary/aromatic N) is 1. The zero-order chi connectivity index (χ0) is 13.1. The maximum absolute atomic E-state index is 13.3. The molecule has 0 saturated heterocycles. The molecule has 0 amide bonds. The van der Waals surface area contributed by atoms with Gasteiger partial charge in [0.25, 0.3) is 5.56 Å².